The molecule has 0 aliphatic carbocycles. The van der Waals surface area contributed by atoms with Gasteiger partial charge in [-0.3, -0.25) is 9.29 Å². The highest BCUT2D eigenvalue weighted by atomic mass is 32.2. The van der Waals surface area contributed by atoms with Crippen LogP contribution in [-0.4, -0.2) is 60.1 Å². The van der Waals surface area contributed by atoms with E-state index in [1.165, 1.54) is 41.4 Å². The maximum atomic E-state index is 14.0. The van der Waals surface area contributed by atoms with E-state index in [2.05, 4.69) is 19.6 Å². The van der Waals surface area contributed by atoms with E-state index in [1.54, 1.807) is 41.4 Å². The third-order valence-corrected chi connectivity index (χ3v) is 7.14. The molecule has 1 N–H and O–H groups in total. The van der Waals surface area contributed by atoms with Gasteiger partial charge in [-0.25, -0.2) is 27.6 Å². The zero-order valence-electron chi connectivity index (χ0n) is 18.0. The average molecular weight is 483 g/mol. The van der Waals surface area contributed by atoms with E-state index >= 15 is 0 Å². The molecule has 1 aliphatic heterocycles. The van der Waals surface area contributed by atoms with Crippen LogP contribution in [0.15, 0.2) is 78.2 Å². The van der Waals surface area contributed by atoms with E-state index in [-0.39, 0.29) is 24.0 Å². The van der Waals surface area contributed by atoms with Crippen molar-refractivity contribution in [3.05, 3.63) is 79.1 Å². The van der Waals surface area contributed by atoms with Crippen LogP contribution >= 0.6 is 0 Å². The molecular formula is C23H23FN6O3S. The number of carbonyl (C=O) groups is 1. The minimum Gasteiger partial charge on any atom is -0.368 e. The first-order valence-corrected chi connectivity index (χ1v) is 12.1. The summed E-state index contributed by atoms with van der Waals surface area (Å²) in [5, 5.41) is 0.415. The van der Waals surface area contributed by atoms with Crippen LogP contribution in [0.4, 0.5) is 20.7 Å². The summed E-state index contributed by atoms with van der Waals surface area (Å²) < 4.78 is 43.0. The van der Waals surface area contributed by atoms with Crippen LogP contribution < -0.4 is 9.62 Å². The van der Waals surface area contributed by atoms with Gasteiger partial charge < -0.3 is 9.80 Å². The third-order valence-electron chi connectivity index (χ3n) is 5.77. The summed E-state index contributed by atoms with van der Waals surface area (Å²) in [5.41, 5.74) is 1.40. The number of rotatable bonds is 4. The van der Waals surface area contributed by atoms with Crippen molar-refractivity contribution in [2.24, 2.45) is 0 Å². The van der Waals surface area contributed by atoms with E-state index in [4.69, 9.17) is 0 Å². The van der Waals surface area contributed by atoms with Crippen LogP contribution in [0.1, 0.15) is 1.43 Å². The number of fused-ring (bicyclic) bond motifs is 1. The molecule has 0 unspecified atom stereocenters. The molecule has 4 aromatic rings. The highest BCUT2D eigenvalue weighted by Gasteiger charge is 2.24. The lowest BCUT2D eigenvalue weighted by Crippen LogP contribution is -2.49. The maximum absolute atomic E-state index is 14.0. The van der Waals surface area contributed by atoms with E-state index in [1.807, 2.05) is 0 Å². The number of halogens is 1. The predicted molar refractivity (Wildman–Crippen MR) is 128 cm³/mol. The molecule has 0 bridgehead atoms. The smallest absolute Gasteiger partial charge is 0.328 e. The second kappa shape index (κ2) is 8.75. The van der Waals surface area contributed by atoms with E-state index in [0.717, 1.165) is 5.69 Å². The van der Waals surface area contributed by atoms with Gasteiger partial charge in [0.15, 0.2) is 0 Å². The molecule has 0 spiro atoms. The van der Waals surface area contributed by atoms with Crippen LogP contribution in [0.3, 0.4) is 0 Å². The number of hydrogen-bond acceptors (Lipinski definition) is 6. The fraction of sp³-hybridized carbons (Fsp3) is 0.174. The standard InChI is InChI=1S/C23H21FN6O3S.H2/c24-20-2-1-3-21-19(20)9-11-30(21)23(31)29-14-12-28(13-15-29)17-4-6-18(7-5-17)34(32,33)27-22-8-10-25-16-26-22;/h1-11,16H,12-15H2,(H,25,26,27);1H. The molecule has 2 aromatic heterocycles. The molecule has 0 saturated carbocycles. The summed E-state index contributed by atoms with van der Waals surface area (Å²) in [5.74, 6) is -0.162. The summed E-state index contributed by atoms with van der Waals surface area (Å²) in [6.07, 6.45) is 4.31. The van der Waals surface area contributed by atoms with Crippen molar-refractivity contribution in [1.82, 2.24) is 19.4 Å². The minimum absolute atomic E-state index is 0. The molecule has 1 fully saturated rings. The van der Waals surface area contributed by atoms with Crippen LogP contribution in [0.2, 0.25) is 0 Å². The Morgan fingerprint density at radius 3 is 2.47 bits per heavy atom. The van der Waals surface area contributed by atoms with Crippen molar-refractivity contribution in [3.8, 4) is 0 Å². The van der Waals surface area contributed by atoms with Gasteiger partial charge in [0.1, 0.15) is 18.0 Å². The molecule has 1 aliphatic rings. The number of aromatic nitrogens is 3. The van der Waals surface area contributed by atoms with Crippen molar-refractivity contribution in [2.45, 2.75) is 4.90 Å². The van der Waals surface area contributed by atoms with Crippen LogP contribution in [0, 0.1) is 5.82 Å². The molecule has 11 heteroatoms. The molecule has 3 heterocycles. The van der Waals surface area contributed by atoms with Crippen molar-refractivity contribution in [2.75, 3.05) is 35.8 Å². The lowest BCUT2D eigenvalue weighted by molar-refractivity contribution is 0.197. The number of anilines is 2. The molecule has 9 nitrogen and oxygen atoms in total. The van der Waals surface area contributed by atoms with Crippen LogP contribution in [0.25, 0.3) is 10.9 Å². The van der Waals surface area contributed by atoms with E-state index in [0.29, 0.717) is 37.1 Å². The van der Waals surface area contributed by atoms with Gasteiger partial charge in [-0.1, -0.05) is 6.07 Å². The first-order valence-electron chi connectivity index (χ1n) is 10.6. The summed E-state index contributed by atoms with van der Waals surface area (Å²) in [7, 11) is -3.77. The zero-order chi connectivity index (χ0) is 23.7. The fourth-order valence-electron chi connectivity index (χ4n) is 3.99. The van der Waals surface area contributed by atoms with Gasteiger partial charge in [0, 0.05) is 51.1 Å². The lowest BCUT2D eigenvalue weighted by Gasteiger charge is -2.36. The molecule has 1 saturated heterocycles. The van der Waals surface area contributed by atoms with Gasteiger partial charge in [-0.05, 0) is 48.5 Å². The molecule has 0 radical (unpaired) electrons. The summed E-state index contributed by atoms with van der Waals surface area (Å²) in [6, 6.07) is 14.1. The number of piperazine rings is 1. The Morgan fingerprint density at radius 1 is 1.00 bits per heavy atom. The molecule has 34 heavy (non-hydrogen) atoms. The monoisotopic (exact) mass is 482 g/mol. The number of nitrogens with zero attached hydrogens (tertiary/aromatic N) is 5. The van der Waals surface area contributed by atoms with Gasteiger partial charge in [0.05, 0.1) is 10.4 Å². The Labute approximate surface area is 197 Å². The van der Waals surface area contributed by atoms with E-state index < -0.39 is 10.0 Å². The minimum atomic E-state index is -3.77. The summed E-state index contributed by atoms with van der Waals surface area (Å²) >= 11 is 0. The quantitative estimate of drug-likeness (QED) is 0.479. The van der Waals surface area contributed by atoms with Gasteiger partial charge in [0.2, 0.25) is 0 Å². The number of amides is 1. The first-order chi connectivity index (χ1) is 16.4. The number of carbonyl (C=O) groups excluding carboxylic acids is 1. The van der Waals surface area contributed by atoms with Gasteiger partial charge in [0.25, 0.3) is 10.0 Å². The Balaban J connectivity index is 0.00000289. The second-order valence-electron chi connectivity index (χ2n) is 7.81. The largest absolute Gasteiger partial charge is 0.368 e. The SMILES string of the molecule is O=C(N1CCN(c2ccc(S(=O)(=O)Nc3ccncn3)cc2)CC1)n1ccc2c(F)cccc21.[HH]. The van der Waals surface area contributed by atoms with Gasteiger partial charge >= 0.3 is 6.03 Å². The Bertz CT molecular complexity index is 1440. The van der Waals surface area contributed by atoms with Crippen molar-refractivity contribution < 1.29 is 19.0 Å². The molecule has 176 valence electrons. The number of sulfonamides is 1. The highest BCUT2D eigenvalue weighted by Crippen LogP contribution is 2.23. The molecule has 1 amide bonds. The zero-order valence-corrected chi connectivity index (χ0v) is 18.8. The van der Waals surface area contributed by atoms with Crippen molar-refractivity contribution in [3.63, 3.8) is 0 Å². The predicted octanol–water partition coefficient (Wildman–Crippen LogP) is 3.41. The highest BCUT2D eigenvalue weighted by molar-refractivity contribution is 7.92. The van der Waals surface area contributed by atoms with Crippen molar-refractivity contribution >= 4 is 38.5 Å². The van der Waals surface area contributed by atoms with Crippen LogP contribution in [0.5, 0.6) is 0 Å². The molecular weight excluding hydrogens is 459 g/mol. The number of nitrogens with one attached hydrogen (secondary N) is 1. The average Bonchev–Trinajstić information content (AvgIpc) is 3.30. The lowest BCUT2D eigenvalue weighted by atomic mass is 10.2. The Morgan fingerprint density at radius 2 is 1.76 bits per heavy atom. The topological polar surface area (TPSA) is 100 Å². The Kier molecular flexibility index (Phi) is 5.62. The second-order valence-corrected chi connectivity index (χ2v) is 9.49. The van der Waals surface area contributed by atoms with Crippen molar-refractivity contribution in [1.29, 1.82) is 0 Å². The fourth-order valence-corrected chi connectivity index (χ4v) is 5.00. The normalized spacial score (nSPS) is 14.4. The molecule has 2 aromatic carbocycles. The van der Waals surface area contributed by atoms with Crippen LogP contribution in [-0.2, 0) is 10.0 Å². The third kappa shape index (κ3) is 4.17. The molecule has 0 atom stereocenters. The van der Waals surface area contributed by atoms with Gasteiger partial charge in [-0.2, -0.15) is 0 Å². The first kappa shape index (κ1) is 21.8. The molecule has 5 rings (SSSR count). The summed E-state index contributed by atoms with van der Waals surface area (Å²) in [4.78, 5) is 24.6. The van der Waals surface area contributed by atoms with E-state index in [9.17, 15) is 17.6 Å². The number of hydrogen-bond donors (Lipinski definition) is 1. The van der Waals surface area contributed by atoms with Gasteiger partial charge in [-0.15, -0.1) is 0 Å². The maximum Gasteiger partial charge on any atom is 0.328 e. The Hall–Kier alpha value is -3.99. The number of benzene rings is 2. The summed E-state index contributed by atoms with van der Waals surface area (Å²) in [6.45, 7) is 2.15.